The van der Waals surface area contributed by atoms with Gasteiger partial charge in [-0.3, -0.25) is 14.2 Å². The number of hydrogen-bond acceptors (Lipinski definition) is 5. The zero-order valence-electron chi connectivity index (χ0n) is 20.0. The van der Waals surface area contributed by atoms with Gasteiger partial charge in [-0.15, -0.1) is 11.3 Å². The number of halogens is 1. The lowest BCUT2D eigenvalue weighted by Crippen LogP contribution is -2.27. The number of aryl methyl sites for hydroxylation is 1. The molecule has 0 radical (unpaired) electrons. The van der Waals surface area contributed by atoms with Crippen LogP contribution in [0.25, 0.3) is 15.9 Å². The summed E-state index contributed by atoms with van der Waals surface area (Å²) in [6.45, 7) is 6.90. The third-order valence-corrected chi connectivity index (χ3v) is 9.41. The van der Waals surface area contributed by atoms with E-state index in [2.05, 4.69) is 36.7 Å². The molecule has 180 valence electrons. The zero-order chi connectivity index (χ0) is 24.7. The van der Waals surface area contributed by atoms with E-state index in [9.17, 15) is 9.59 Å². The molecule has 0 fully saturated rings. The van der Waals surface area contributed by atoms with E-state index in [1.54, 1.807) is 15.9 Å². The number of nitrogens with zero attached hydrogens (tertiary/aromatic N) is 2. The van der Waals surface area contributed by atoms with Gasteiger partial charge < -0.3 is 0 Å². The highest BCUT2D eigenvalue weighted by Crippen LogP contribution is 2.42. The fourth-order valence-corrected chi connectivity index (χ4v) is 7.21. The van der Waals surface area contributed by atoms with Crippen LogP contribution in [0, 0.1) is 11.3 Å². The maximum atomic E-state index is 13.9. The number of thiophene rings is 1. The number of thioether (sulfide) groups is 1. The third kappa shape index (κ3) is 4.91. The molecule has 4 aromatic rings. The number of ketones is 1. The van der Waals surface area contributed by atoms with Crippen molar-refractivity contribution in [1.29, 1.82) is 0 Å². The number of Topliss-reactive ketones (excluding diaryl/α,β-unsaturated/α-hetero) is 1. The monoisotopic (exact) mass is 566 g/mol. The van der Waals surface area contributed by atoms with Crippen LogP contribution in [-0.4, -0.2) is 21.1 Å². The van der Waals surface area contributed by atoms with E-state index in [4.69, 9.17) is 4.98 Å². The van der Waals surface area contributed by atoms with Gasteiger partial charge in [0.1, 0.15) is 4.83 Å². The first-order chi connectivity index (χ1) is 16.7. The summed E-state index contributed by atoms with van der Waals surface area (Å²) >= 11 is 6.39. The summed E-state index contributed by atoms with van der Waals surface area (Å²) in [7, 11) is 0. The number of rotatable bonds is 5. The molecule has 2 aromatic carbocycles. The molecule has 0 saturated carbocycles. The van der Waals surface area contributed by atoms with Crippen molar-refractivity contribution in [3.63, 3.8) is 0 Å². The molecule has 4 nitrogen and oxygen atoms in total. The Morgan fingerprint density at radius 2 is 1.86 bits per heavy atom. The van der Waals surface area contributed by atoms with Crippen LogP contribution >= 0.6 is 39.0 Å². The second-order valence-electron chi connectivity index (χ2n) is 10.1. The van der Waals surface area contributed by atoms with Crippen LogP contribution in [0.15, 0.2) is 69.0 Å². The Labute approximate surface area is 221 Å². The maximum absolute atomic E-state index is 13.9. The van der Waals surface area contributed by atoms with Gasteiger partial charge in [-0.1, -0.05) is 78.8 Å². The Balaban J connectivity index is 1.57. The van der Waals surface area contributed by atoms with Crippen LogP contribution < -0.4 is 5.56 Å². The Kier molecular flexibility index (Phi) is 6.77. The van der Waals surface area contributed by atoms with E-state index in [0.29, 0.717) is 16.6 Å². The van der Waals surface area contributed by atoms with E-state index in [0.717, 1.165) is 39.6 Å². The molecule has 0 saturated heterocycles. The van der Waals surface area contributed by atoms with Gasteiger partial charge in [0.05, 0.1) is 16.8 Å². The second-order valence-corrected chi connectivity index (χ2v) is 13.0. The van der Waals surface area contributed by atoms with Gasteiger partial charge in [0, 0.05) is 14.9 Å². The fraction of sp³-hybridized carbons (Fsp3) is 0.321. The maximum Gasteiger partial charge on any atom is 0.267 e. The fourth-order valence-electron chi connectivity index (χ4n) is 4.70. The van der Waals surface area contributed by atoms with Gasteiger partial charge in [-0.05, 0) is 60.4 Å². The van der Waals surface area contributed by atoms with Crippen molar-refractivity contribution in [2.24, 2.45) is 11.3 Å². The first-order valence-electron chi connectivity index (χ1n) is 11.8. The van der Waals surface area contributed by atoms with Gasteiger partial charge in [-0.25, -0.2) is 4.98 Å². The lowest BCUT2D eigenvalue weighted by molar-refractivity contribution is 0.102. The van der Waals surface area contributed by atoms with E-state index < -0.39 is 0 Å². The molecule has 0 spiro atoms. The summed E-state index contributed by atoms with van der Waals surface area (Å²) in [5.41, 5.74) is 2.80. The number of carbonyl (C=O) groups is 1. The average molecular weight is 568 g/mol. The Hall–Kier alpha value is -2.22. The number of hydrogen-bond donors (Lipinski definition) is 0. The van der Waals surface area contributed by atoms with Gasteiger partial charge >= 0.3 is 0 Å². The molecular formula is C28H27BrN2O2S2. The standard InChI is InChI=1S/C28H27BrN2O2S2/c1-28(2,3)18-11-14-21-23(15-18)35-25-24(21)26(33)31(20-7-5-4-6-8-20)27(30-25)34-16-22(32)17-9-12-19(29)13-10-17/h4-10,12-13,18H,11,14-16H2,1-3H3/t18-/m1/s1. The highest BCUT2D eigenvalue weighted by atomic mass is 79.9. The van der Waals surface area contributed by atoms with Crippen LogP contribution in [0.3, 0.4) is 0 Å². The van der Waals surface area contributed by atoms with Crippen molar-refractivity contribution < 1.29 is 4.79 Å². The van der Waals surface area contributed by atoms with E-state index >= 15 is 0 Å². The SMILES string of the molecule is CC(C)(C)[C@@H]1CCc2c(sc3nc(SCC(=O)c4ccc(Br)cc4)n(-c4ccccc4)c(=O)c23)C1. The van der Waals surface area contributed by atoms with Gasteiger partial charge in [0.25, 0.3) is 5.56 Å². The number of benzene rings is 2. The van der Waals surface area contributed by atoms with Crippen molar-refractivity contribution in [1.82, 2.24) is 9.55 Å². The van der Waals surface area contributed by atoms with E-state index in [1.165, 1.54) is 22.2 Å². The lowest BCUT2D eigenvalue weighted by atomic mass is 9.72. The second kappa shape index (κ2) is 9.68. The molecule has 0 aliphatic heterocycles. The van der Waals surface area contributed by atoms with Gasteiger partial charge in [-0.2, -0.15) is 0 Å². The summed E-state index contributed by atoms with van der Waals surface area (Å²) in [6.07, 6.45) is 3.00. The lowest BCUT2D eigenvalue weighted by Gasteiger charge is -2.33. The molecule has 1 aliphatic rings. The molecule has 0 bridgehead atoms. The summed E-state index contributed by atoms with van der Waals surface area (Å²) in [5, 5.41) is 1.31. The third-order valence-electron chi connectivity index (χ3n) is 6.79. The molecule has 0 amide bonds. The molecule has 7 heteroatoms. The number of para-hydroxylation sites is 1. The molecular weight excluding hydrogens is 540 g/mol. The number of carbonyl (C=O) groups excluding carboxylic acids is 1. The topological polar surface area (TPSA) is 52.0 Å². The van der Waals surface area contributed by atoms with E-state index in [1.807, 2.05) is 54.6 Å². The minimum atomic E-state index is -0.0356. The Morgan fingerprint density at radius 3 is 2.54 bits per heavy atom. The first-order valence-corrected chi connectivity index (χ1v) is 14.4. The van der Waals surface area contributed by atoms with Crippen molar-refractivity contribution >= 4 is 55.0 Å². The van der Waals surface area contributed by atoms with Crippen molar-refractivity contribution in [2.45, 2.75) is 45.2 Å². The van der Waals surface area contributed by atoms with Gasteiger partial charge in [0.2, 0.25) is 0 Å². The normalized spacial score (nSPS) is 15.8. The van der Waals surface area contributed by atoms with Crippen LogP contribution in [0.5, 0.6) is 0 Å². The molecule has 5 rings (SSSR count). The predicted molar refractivity (Wildman–Crippen MR) is 149 cm³/mol. The minimum absolute atomic E-state index is 0.00921. The predicted octanol–water partition coefficient (Wildman–Crippen LogP) is 7.34. The van der Waals surface area contributed by atoms with Crippen LogP contribution in [0.4, 0.5) is 0 Å². The van der Waals surface area contributed by atoms with Crippen LogP contribution in [0.1, 0.15) is 48.0 Å². The molecule has 1 atom stereocenters. The number of fused-ring (bicyclic) bond motifs is 3. The largest absolute Gasteiger partial charge is 0.293 e. The molecule has 2 heterocycles. The highest BCUT2D eigenvalue weighted by molar-refractivity contribution is 9.10. The van der Waals surface area contributed by atoms with Gasteiger partial charge in [0.15, 0.2) is 10.9 Å². The minimum Gasteiger partial charge on any atom is -0.293 e. The Morgan fingerprint density at radius 1 is 1.14 bits per heavy atom. The average Bonchev–Trinajstić information content (AvgIpc) is 3.21. The van der Waals surface area contributed by atoms with Crippen LogP contribution in [0.2, 0.25) is 0 Å². The summed E-state index contributed by atoms with van der Waals surface area (Å²) in [5.74, 6) is 0.815. The summed E-state index contributed by atoms with van der Waals surface area (Å²) < 4.78 is 2.62. The molecule has 0 unspecified atom stereocenters. The molecule has 2 aromatic heterocycles. The first kappa shape index (κ1) is 24.5. The van der Waals surface area contributed by atoms with Crippen molar-refractivity contribution in [2.75, 3.05) is 5.75 Å². The van der Waals surface area contributed by atoms with Crippen molar-refractivity contribution in [3.05, 3.63) is 85.4 Å². The van der Waals surface area contributed by atoms with E-state index in [-0.39, 0.29) is 22.5 Å². The zero-order valence-corrected chi connectivity index (χ0v) is 23.2. The smallest absolute Gasteiger partial charge is 0.267 e. The molecule has 1 aliphatic carbocycles. The Bertz CT molecular complexity index is 1450. The molecule has 35 heavy (non-hydrogen) atoms. The molecule has 0 N–H and O–H groups in total. The quantitative estimate of drug-likeness (QED) is 0.144. The summed E-state index contributed by atoms with van der Waals surface area (Å²) in [6, 6.07) is 17.0. The van der Waals surface area contributed by atoms with Crippen molar-refractivity contribution in [3.8, 4) is 5.69 Å². The number of aromatic nitrogens is 2. The summed E-state index contributed by atoms with van der Waals surface area (Å²) in [4.78, 5) is 33.9. The van der Waals surface area contributed by atoms with Crippen LogP contribution in [-0.2, 0) is 12.8 Å². The highest BCUT2D eigenvalue weighted by Gasteiger charge is 2.32.